The molecule has 0 radical (unpaired) electrons. The van der Waals surface area contributed by atoms with E-state index in [9.17, 15) is 42.6 Å². The van der Waals surface area contributed by atoms with Gasteiger partial charge in [0.1, 0.15) is 32.2 Å². The number of carboxylic acids is 2. The second kappa shape index (κ2) is 15.9. The number of hydrogen-bond acceptors (Lipinski definition) is 10. The summed E-state index contributed by atoms with van der Waals surface area (Å²) in [6, 6.07) is 19.8. The molecule has 0 fully saturated rings. The highest BCUT2D eigenvalue weighted by atomic mass is 35.5. The Bertz CT molecular complexity index is 2820. The van der Waals surface area contributed by atoms with Crippen molar-refractivity contribution in [3.8, 4) is 22.3 Å². The van der Waals surface area contributed by atoms with Gasteiger partial charge in [0.15, 0.2) is 28.6 Å². The number of nitrogens with one attached hydrogen (secondary N) is 2. The zero-order valence-corrected chi connectivity index (χ0v) is 31.2. The van der Waals surface area contributed by atoms with Crippen molar-refractivity contribution in [1.82, 2.24) is 9.97 Å². The summed E-state index contributed by atoms with van der Waals surface area (Å²) in [5.74, 6) is -9.08. The lowest BCUT2D eigenvalue weighted by atomic mass is 10.0. The summed E-state index contributed by atoms with van der Waals surface area (Å²) in [5, 5.41) is 27.8. The number of carbonyl (C=O) groups is 4. The third-order valence-corrected chi connectivity index (χ3v) is 10.5. The van der Waals surface area contributed by atoms with Gasteiger partial charge in [0.05, 0.1) is 10.0 Å². The second-order valence-corrected chi connectivity index (χ2v) is 14.2. The number of carboxylic acid groups (broad SMARTS) is 2. The van der Waals surface area contributed by atoms with Crippen LogP contribution in [-0.2, 0) is 0 Å². The third kappa shape index (κ3) is 7.94. The van der Waals surface area contributed by atoms with Crippen LogP contribution in [0.15, 0.2) is 98.5 Å². The van der Waals surface area contributed by atoms with Gasteiger partial charge < -0.3 is 29.7 Å². The normalized spacial score (nSPS) is 11.0. The maximum Gasteiger partial charge on any atom is 0.339 e. The molecule has 0 aliphatic carbocycles. The minimum absolute atomic E-state index is 0.0483. The van der Waals surface area contributed by atoms with Crippen molar-refractivity contribution in [1.29, 1.82) is 0 Å². The average Bonchev–Trinajstić information content (AvgIpc) is 3.99. The Labute approximate surface area is 334 Å². The predicted molar refractivity (Wildman–Crippen MR) is 207 cm³/mol. The standard InChI is InChI=1S/C19H10Cl2N2O4S.C19H9F3N2O4S/c20-11-6-5-9(7-12(11)21)10-8-28-18(15(10)19(25)26)23-16(24)17-22-13-3-1-2-4-14(13)27-17;20-10-5-8(6-11(21)15(10)22)9-7-29-18(14(9)19(26)27)24-16(25)17-23-12-3-1-2-4-13(12)28-17/h1-8H,(H,23,24)(H,25,26);1-7H,(H,24,25)(H,26,27). The Balaban J connectivity index is 0.000000174. The SMILES string of the molecule is O=C(Nc1scc(-c2cc(F)c(F)c(F)c2)c1C(=O)O)c1nc2ccccc2o1.O=C(Nc1scc(-c2ccc(Cl)c(Cl)c2)c1C(=O)O)c1nc2ccccc2o1. The molecule has 8 aromatic rings. The average molecular weight is 852 g/mol. The number of para-hydroxylation sites is 4. The molecule has 19 heteroatoms. The van der Waals surface area contributed by atoms with Gasteiger partial charge in [-0.3, -0.25) is 9.59 Å². The molecule has 12 nitrogen and oxygen atoms in total. The predicted octanol–water partition coefficient (Wildman–Crippen LogP) is 10.7. The molecule has 0 unspecified atom stereocenters. The quantitative estimate of drug-likeness (QED) is 0.107. The van der Waals surface area contributed by atoms with Crippen LogP contribution in [0.1, 0.15) is 42.1 Å². The van der Waals surface area contributed by atoms with Gasteiger partial charge in [-0.05, 0) is 59.7 Å². The Morgan fingerprint density at radius 1 is 0.614 bits per heavy atom. The topological polar surface area (TPSA) is 185 Å². The fourth-order valence-electron chi connectivity index (χ4n) is 5.38. The molecule has 2 amide bonds. The number of benzene rings is 4. The number of hydrogen-bond donors (Lipinski definition) is 4. The van der Waals surface area contributed by atoms with Crippen LogP contribution in [-0.4, -0.2) is 43.9 Å². The van der Waals surface area contributed by atoms with Crippen LogP contribution in [0.3, 0.4) is 0 Å². The van der Waals surface area contributed by atoms with Crippen molar-refractivity contribution in [3.05, 3.63) is 140 Å². The Hall–Kier alpha value is -6.53. The number of oxazole rings is 2. The van der Waals surface area contributed by atoms with E-state index in [1.165, 1.54) is 5.38 Å². The van der Waals surface area contributed by atoms with E-state index in [4.69, 9.17) is 32.0 Å². The van der Waals surface area contributed by atoms with Crippen LogP contribution in [0.2, 0.25) is 10.0 Å². The Kier molecular flexibility index (Phi) is 10.8. The number of carbonyl (C=O) groups excluding carboxylic acids is 2. The van der Waals surface area contributed by atoms with Gasteiger partial charge in [0.2, 0.25) is 0 Å². The number of aromatic nitrogens is 2. The summed E-state index contributed by atoms with van der Waals surface area (Å²) in [5.41, 5.74) is 2.11. The van der Waals surface area contributed by atoms with Crippen molar-refractivity contribution in [2.24, 2.45) is 0 Å². The summed E-state index contributed by atoms with van der Waals surface area (Å²) in [6.45, 7) is 0. The summed E-state index contributed by atoms with van der Waals surface area (Å²) in [6.07, 6.45) is 0. The first-order chi connectivity index (χ1) is 27.3. The molecule has 0 aliphatic heterocycles. The van der Waals surface area contributed by atoms with Crippen LogP contribution >= 0.6 is 45.9 Å². The lowest BCUT2D eigenvalue weighted by Crippen LogP contribution is -2.13. The van der Waals surface area contributed by atoms with Gasteiger partial charge in [0, 0.05) is 21.9 Å². The van der Waals surface area contributed by atoms with Gasteiger partial charge in [-0.1, -0.05) is 53.5 Å². The molecular formula is C38H19Cl2F3N4O8S2. The monoisotopic (exact) mass is 850 g/mol. The van der Waals surface area contributed by atoms with E-state index >= 15 is 0 Å². The maximum absolute atomic E-state index is 13.5. The molecule has 0 spiro atoms. The first kappa shape index (κ1) is 38.7. The molecule has 4 heterocycles. The molecule has 8 rings (SSSR count). The fraction of sp³-hybridized carbons (Fsp3) is 0. The fourth-order valence-corrected chi connectivity index (χ4v) is 7.59. The van der Waals surface area contributed by atoms with E-state index in [2.05, 4.69) is 20.6 Å². The number of halogens is 5. The molecule has 0 saturated carbocycles. The van der Waals surface area contributed by atoms with E-state index in [0.29, 0.717) is 55.5 Å². The first-order valence-corrected chi connectivity index (χ1v) is 18.4. The van der Waals surface area contributed by atoms with Crippen molar-refractivity contribution in [3.63, 3.8) is 0 Å². The second-order valence-electron chi connectivity index (χ2n) is 11.6. The molecule has 4 aromatic carbocycles. The minimum atomic E-state index is -1.66. The Morgan fingerprint density at radius 3 is 1.51 bits per heavy atom. The largest absolute Gasteiger partial charge is 0.478 e. The van der Waals surface area contributed by atoms with Gasteiger partial charge in [-0.25, -0.2) is 32.7 Å². The number of fused-ring (bicyclic) bond motifs is 2. The Morgan fingerprint density at radius 2 is 1.07 bits per heavy atom. The number of anilines is 2. The first-order valence-electron chi connectivity index (χ1n) is 15.9. The van der Waals surface area contributed by atoms with Crippen molar-refractivity contribution in [2.45, 2.75) is 0 Å². The van der Waals surface area contributed by atoms with E-state index in [1.54, 1.807) is 72.1 Å². The lowest BCUT2D eigenvalue weighted by molar-refractivity contribution is 0.0688. The number of amides is 2. The highest BCUT2D eigenvalue weighted by molar-refractivity contribution is 7.15. The maximum atomic E-state index is 13.5. The highest BCUT2D eigenvalue weighted by Gasteiger charge is 2.26. The van der Waals surface area contributed by atoms with Gasteiger partial charge >= 0.3 is 23.8 Å². The smallest absolute Gasteiger partial charge is 0.339 e. The van der Waals surface area contributed by atoms with Gasteiger partial charge in [-0.2, -0.15) is 0 Å². The molecule has 286 valence electrons. The van der Waals surface area contributed by atoms with Crippen LogP contribution in [0.5, 0.6) is 0 Å². The van der Waals surface area contributed by atoms with Crippen molar-refractivity contribution < 1.29 is 51.4 Å². The minimum Gasteiger partial charge on any atom is -0.478 e. The summed E-state index contributed by atoms with van der Waals surface area (Å²) < 4.78 is 51.1. The molecule has 0 atom stereocenters. The molecular weight excluding hydrogens is 832 g/mol. The van der Waals surface area contributed by atoms with Gasteiger partial charge in [-0.15, -0.1) is 22.7 Å². The number of nitrogens with zero attached hydrogens (tertiary/aromatic N) is 2. The van der Waals surface area contributed by atoms with Crippen molar-refractivity contribution >= 4 is 102 Å². The van der Waals surface area contributed by atoms with E-state index < -0.39 is 46.8 Å². The molecule has 4 aromatic heterocycles. The molecule has 57 heavy (non-hydrogen) atoms. The number of rotatable bonds is 8. The zero-order chi connectivity index (χ0) is 40.5. The highest BCUT2D eigenvalue weighted by Crippen LogP contribution is 2.39. The molecule has 4 N–H and O–H groups in total. The molecule has 0 saturated heterocycles. The number of thiophene rings is 2. The van der Waals surface area contributed by atoms with Crippen LogP contribution in [0.4, 0.5) is 23.2 Å². The van der Waals surface area contributed by atoms with E-state index in [1.807, 2.05) is 0 Å². The summed E-state index contributed by atoms with van der Waals surface area (Å²) >= 11 is 13.9. The lowest BCUT2D eigenvalue weighted by Gasteiger charge is -2.05. The third-order valence-electron chi connectivity index (χ3n) is 7.97. The molecule has 0 bridgehead atoms. The molecule has 0 aliphatic rings. The van der Waals surface area contributed by atoms with Crippen LogP contribution in [0.25, 0.3) is 44.5 Å². The van der Waals surface area contributed by atoms with E-state index in [0.717, 1.165) is 22.7 Å². The van der Waals surface area contributed by atoms with Crippen LogP contribution in [0, 0.1) is 17.5 Å². The van der Waals surface area contributed by atoms with E-state index in [-0.39, 0.29) is 38.5 Å². The van der Waals surface area contributed by atoms with Crippen LogP contribution < -0.4 is 10.6 Å². The zero-order valence-electron chi connectivity index (χ0n) is 28.1. The number of aromatic carboxylic acids is 2. The summed E-state index contributed by atoms with van der Waals surface area (Å²) in [4.78, 5) is 56.7. The van der Waals surface area contributed by atoms with Crippen molar-refractivity contribution in [2.75, 3.05) is 10.6 Å². The van der Waals surface area contributed by atoms with Gasteiger partial charge in [0.25, 0.3) is 11.8 Å². The summed E-state index contributed by atoms with van der Waals surface area (Å²) in [7, 11) is 0.